The molecule has 0 aromatic rings. The molecule has 0 aromatic carbocycles. The predicted octanol–water partition coefficient (Wildman–Crippen LogP) is 2.36. The van der Waals surface area contributed by atoms with Crippen LogP contribution in [-0.2, 0) is 0 Å². The number of hydrogen-bond acceptors (Lipinski definition) is 1. The van der Waals surface area contributed by atoms with Crippen molar-refractivity contribution in [3.8, 4) is 12.3 Å². The number of allylic oxidation sites excluding steroid dienone is 4. The van der Waals surface area contributed by atoms with Crippen LogP contribution in [-0.4, -0.2) is 6.18 Å². The highest BCUT2D eigenvalue weighted by Gasteiger charge is 2.24. The van der Waals surface area contributed by atoms with E-state index in [1.807, 2.05) is 0 Å². The van der Waals surface area contributed by atoms with E-state index in [1.54, 1.807) is 0 Å². The van der Waals surface area contributed by atoms with Gasteiger partial charge in [-0.25, -0.2) is 0 Å². The molecule has 4 heteroatoms. The third kappa shape index (κ3) is 7.01. The Morgan fingerprint density at radius 1 is 1.54 bits per heavy atom. The monoisotopic (exact) mass is 189 g/mol. The van der Waals surface area contributed by atoms with Crippen molar-refractivity contribution < 1.29 is 13.2 Å². The molecule has 0 bridgehead atoms. The van der Waals surface area contributed by atoms with E-state index in [9.17, 15) is 13.2 Å². The lowest BCUT2D eigenvalue weighted by atomic mass is 10.2. The minimum absolute atomic E-state index is 0.121. The van der Waals surface area contributed by atoms with Gasteiger partial charge in [-0.2, -0.15) is 13.2 Å². The van der Waals surface area contributed by atoms with Gasteiger partial charge in [-0.15, -0.1) is 6.42 Å². The van der Waals surface area contributed by atoms with Crippen molar-refractivity contribution in [2.45, 2.75) is 19.5 Å². The summed E-state index contributed by atoms with van der Waals surface area (Å²) in [4.78, 5) is 0. The number of alkyl halides is 3. The fourth-order valence-electron chi connectivity index (χ4n) is 0.623. The first-order valence-corrected chi connectivity index (χ1v) is 3.52. The minimum atomic E-state index is -4.18. The highest BCUT2D eigenvalue weighted by molar-refractivity contribution is 5.30. The highest BCUT2D eigenvalue weighted by atomic mass is 19.4. The molecular formula is C9H10F3N. The standard InChI is InChI=1S/C9H10F3N/c1-3-8(13)6-7(2)4-5-9(10,11)12/h1,4,6H,5,13H2,2H3/b7-4-,8-6+. The molecular weight excluding hydrogens is 179 g/mol. The van der Waals surface area contributed by atoms with Crippen molar-refractivity contribution in [3.63, 3.8) is 0 Å². The Kier molecular flexibility index (Phi) is 4.12. The van der Waals surface area contributed by atoms with Crippen LogP contribution in [0.2, 0.25) is 0 Å². The van der Waals surface area contributed by atoms with Crippen molar-refractivity contribution in [1.82, 2.24) is 0 Å². The zero-order valence-electron chi connectivity index (χ0n) is 7.15. The second-order valence-corrected chi connectivity index (χ2v) is 2.51. The fraction of sp³-hybridized carbons (Fsp3) is 0.333. The smallest absolute Gasteiger partial charge is 0.392 e. The molecule has 0 aliphatic heterocycles. The number of terminal acetylenes is 1. The van der Waals surface area contributed by atoms with Crippen LogP contribution in [0.15, 0.2) is 23.4 Å². The van der Waals surface area contributed by atoms with Gasteiger partial charge < -0.3 is 5.73 Å². The van der Waals surface area contributed by atoms with Gasteiger partial charge in [0.25, 0.3) is 0 Å². The number of halogens is 3. The Bertz CT molecular complexity index is 266. The quantitative estimate of drug-likeness (QED) is 0.523. The molecule has 0 aliphatic carbocycles. The lowest BCUT2D eigenvalue weighted by molar-refractivity contribution is -0.125. The summed E-state index contributed by atoms with van der Waals surface area (Å²) in [6, 6.07) is 0. The van der Waals surface area contributed by atoms with Crippen LogP contribution in [0.5, 0.6) is 0 Å². The zero-order valence-corrected chi connectivity index (χ0v) is 7.15. The van der Waals surface area contributed by atoms with E-state index < -0.39 is 12.6 Å². The van der Waals surface area contributed by atoms with E-state index in [2.05, 4.69) is 5.92 Å². The maximum absolute atomic E-state index is 11.7. The van der Waals surface area contributed by atoms with Gasteiger partial charge in [-0.05, 0) is 13.0 Å². The predicted molar refractivity (Wildman–Crippen MR) is 45.5 cm³/mol. The van der Waals surface area contributed by atoms with Crippen molar-refractivity contribution in [2.24, 2.45) is 5.73 Å². The minimum Gasteiger partial charge on any atom is -0.392 e. The van der Waals surface area contributed by atoms with Gasteiger partial charge in [0.2, 0.25) is 0 Å². The first-order valence-electron chi connectivity index (χ1n) is 3.52. The molecule has 1 nitrogen and oxygen atoms in total. The summed E-state index contributed by atoms with van der Waals surface area (Å²) in [5, 5.41) is 0. The molecule has 2 N–H and O–H groups in total. The van der Waals surface area contributed by atoms with E-state index >= 15 is 0 Å². The van der Waals surface area contributed by atoms with Crippen LogP contribution < -0.4 is 5.73 Å². The molecule has 0 amide bonds. The lowest BCUT2D eigenvalue weighted by Crippen LogP contribution is -2.04. The van der Waals surface area contributed by atoms with Crippen LogP contribution in [0, 0.1) is 12.3 Å². The van der Waals surface area contributed by atoms with Gasteiger partial charge in [-0.3, -0.25) is 0 Å². The summed E-state index contributed by atoms with van der Waals surface area (Å²) < 4.78 is 35.1. The maximum atomic E-state index is 11.7. The third-order valence-electron chi connectivity index (χ3n) is 1.21. The SMILES string of the molecule is C#C/C(N)=C\C(C)=C/CC(F)(F)F. The summed E-state index contributed by atoms with van der Waals surface area (Å²) in [5.41, 5.74) is 5.75. The second kappa shape index (κ2) is 4.61. The lowest BCUT2D eigenvalue weighted by Gasteiger charge is -2.01. The summed E-state index contributed by atoms with van der Waals surface area (Å²) in [7, 11) is 0. The van der Waals surface area contributed by atoms with Gasteiger partial charge in [0.05, 0.1) is 12.1 Å². The van der Waals surface area contributed by atoms with Gasteiger partial charge in [0, 0.05) is 0 Å². The molecule has 0 unspecified atom stereocenters. The van der Waals surface area contributed by atoms with Crippen LogP contribution in [0.25, 0.3) is 0 Å². The zero-order chi connectivity index (χ0) is 10.5. The number of nitrogens with two attached hydrogens (primary N) is 1. The van der Waals surface area contributed by atoms with Gasteiger partial charge in [-0.1, -0.05) is 17.6 Å². The van der Waals surface area contributed by atoms with E-state index in [-0.39, 0.29) is 5.70 Å². The Balaban J connectivity index is 4.30. The summed E-state index contributed by atoms with van der Waals surface area (Å²) >= 11 is 0. The largest absolute Gasteiger partial charge is 0.392 e. The van der Waals surface area contributed by atoms with Crippen LogP contribution in [0.1, 0.15) is 13.3 Å². The van der Waals surface area contributed by atoms with E-state index in [0.29, 0.717) is 5.57 Å². The van der Waals surface area contributed by atoms with E-state index in [0.717, 1.165) is 6.08 Å². The molecule has 0 atom stereocenters. The maximum Gasteiger partial charge on any atom is 0.392 e. The summed E-state index contributed by atoms with van der Waals surface area (Å²) in [5.74, 6) is 2.11. The Hall–Kier alpha value is -1.37. The summed E-state index contributed by atoms with van der Waals surface area (Å²) in [6.07, 6.45) is 2.12. The third-order valence-corrected chi connectivity index (χ3v) is 1.21. The second-order valence-electron chi connectivity index (χ2n) is 2.51. The molecule has 0 rings (SSSR count). The number of hydrogen-bond donors (Lipinski definition) is 1. The fourth-order valence-corrected chi connectivity index (χ4v) is 0.623. The molecule has 0 spiro atoms. The molecule has 0 aromatic heterocycles. The highest BCUT2D eigenvalue weighted by Crippen LogP contribution is 2.20. The first-order chi connectivity index (χ1) is 5.85. The van der Waals surface area contributed by atoms with E-state index in [1.165, 1.54) is 13.0 Å². The number of rotatable bonds is 2. The molecule has 0 saturated heterocycles. The van der Waals surface area contributed by atoms with Gasteiger partial charge in [0.1, 0.15) is 0 Å². The van der Waals surface area contributed by atoms with Crippen molar-refractivity contribution in [3.05, 3.63) is 23.4 Å². The van der Waals surface area contributed by atoms with Crippen LogP contribution in [0.3, 0.4) is 0 Å². The molecule has 0 radical (unpaired) electrons. The van der Waals surface area contributed by atoms with Gasteiger partial charge in [0.15, 0.2) is 0 Å². The Labute approximate surface area is 75.1 Å². The van der Waals surface area contributed by atoms with Gasteiger partial charge >= 0.3 is 6.18 Å². The summed E-state index contributed by atoms with van der Waals surface area (Å²) in [6.45, 7) is 1.51. The van der Waals surface area contributed by atoms with Crippen molar-refractivity contribution in [1.29, 1.82) is 0 Å². The molecule has 0 fully saturated rings. The average molecular weight is 189 g/mol. The van der Waals surface area contributed by atoms with Crippen LogP contribution in [0.4, 0.5) is 13.2 Å². The van der Waals surface area contributed by atoms with Crippen LogP contribution >= 0.6 is 0 Å². The Morgan fingerprint density at radius 2 is 2.08 bits per heavy atom. The molecule has 13 heavy (non-hydrogen) atoms. The Morgan fingerprint density at radius 3 is 2.46 bits per heavy atom. The molecule has 0 heterocycles. The van der Waals surface area contributed by atoms with Crippen molar-refractivity contribution >= 4 is 0 Å². The average Bonchev–Trinajstić information content (AvgIpc) is 1.99. The van der Waals surface area contributed by atoms with Crippen molar-refractivity contribution in [2.75, 3.05) is 0 Å². The molecule has 72 valence electrons. The first kappa shape index (κ1) is 11.6. The topological polar surface area (TPSA) is 26.0 Å². The molecule has 0 aliphatic rings. The van der Waals surface area contributed by atoms with E-state index in [4.69, 9.17) is 12.2 Å². The molecule has 0 saturated carbocycles. The normalized spacial score (nSPS) is 14.1.